The second-order valence-electron chi connectivity index (χ2n) is 4.58. The molecule has 1 aromatic rings. The minimum atomic E-state index is -1.46. The number of halogens is 1. The molecule has 0 aliphatic rings. The van der Waals surface area contributed by atoms with Crippen LogP contribution in [0, 0.1) is 5.82 Å². The fourth-order valence-corrected chi connectivity index (χ4v) is 1.75. The van der Waals surface area contributed by atoms with Gasteiger partial charge in [-0.05, 0) is 31.5 Å². The van der Waals surface area contributed by atoms with Crippen molar-refractivity contribution in [3.63, 3.8) is 0 Å². The number of aliphatic hydroxyl groups is 2. The maximum absolute atomic E-state index is 13.6. The zero-order valence-corrected chi connectivity index (χ0v) is 11.4. The number of hydrogen-bond acceptors (Lipinski definition) is 4. The molecule has 0 heterocycles. The molecule has 0 spiro atoms. The SMILES string of the molecule is CC(=O)NCCC(O)C(O)c1cc(C(C)=O)ccc1F. The van der Waals surface area contributed by atoms with Gasteiger partial charge >= 0.3 is 0 Å². The molecule has 0 fully saturated rings. The highest BCUT2D eigenvalue weighted by Crippen LogP contribution is 2.23. The second-order valence-corrected chi connectivity index (χ2v) is 4.58. The van der Waals surface area contributed by atoms with Crippen LogP contribution in [0.25, 0.3) is 0 Å². The average molecular weight is 283 g/mol. The molecule has 0 aromatic heterocycles. The highest BCUT2D eigenvalue weighted by Gasteiger charge is 2.22. The van der Waals surface area contributed by atoms with Gasteiger partial charge in [0, 0.05) is 24.6 Å². The third-order valence-corrected chi connectivity index (χ3v) is 2.90. The first-order valence-corrected chi connectivity index (χ1v) is 6.24. The molecule has 3 N–H and O–H groups in total. The summed E-state index contributed by atoms with van der Waals surface area (Å²) in [5, 5.41) is 22.2. The van der Waals surface area contributed by atoms with E-state index in [0.717, 1.165) is 6.07 Å². The fraction of sp³-hybridized carbons (Fsp3) is 0.429. The number of nitrogens with one attached hydrogen (secondary N) is 1. The number of benzene rings is 1. The van der Waals surface area contributed by atoms with Gasteiger partial charge in [0.2, 0.25) is 5.91 Å². The maximum atomic E-state index is 13.6. The van der Waals surface area contributed by atoms with E-state index in [-0.39, 0.29) is 35.8 Å². The second kappa shape index (κ2) is 7.12. The van der Waals surface area contributed by atoms with E-state index in [0.29, 0.717) is 0 Å². The largest absolute Gasteiger partial charge is 0.390 e. The molecule has 0 aliphatic heterocycles. The van der Waals surface area contributed by atoms with Crippen molar-refractivity contribution in [3.8, 4) is 0 Å². The van der Waals surface area contributed by atoms with E-state index in [4.69, 9.17) is 0 Å². The van der Waals surface area contributed by atoms with E-state index >= 15 is 0 Å². The van der Waals surface area contributed by atoms with Gasteiger partial charge < -0.3 is 15.5 Å². The van der Waals surface area contributed by atoms with Crippen molar-refractivity contribution in [2.45, 2.75) is 32.5 Å². The van der Waals surface area contributed by atoms with Crippen LogP contribution < -0.4 is 5.32 Å². The molecular weight excluding hydrogens is 265 g/mol. The summed E-state index contributed by atoms with van der Waals surface area (Å²) in [5.41, 5.74) is 0.127. The molecular formula is C14H18FNO4. The predicted molar refractivity (Wildman–Crippen MR) is 70.7 cm³/mol. The first-order chi connectivity index (χ1) is 9.32. The van der Waals surface area contributed by atoms with E-state index in [1.165, 1.54) is 26.0 Å². The monoisotopic (exact) mass is 283 g/mol. The molecule has 0 aliphatic carbocycles. The molecule has 1 aromatic carbocycles. The van der Waals surface area contributed by atoms with Crippen LogP contribution in [0.15, 0.2) is 18.2 Å². The van der Waals surface area contributed by atoms with Gasteiger partial charge in [-0.15, -0.1) is 0 Å². The minimum absolute atomic E-state index is 0.0739. The topological polar surface area (TPSA) is 86.6 Å². The van der Waals surface area contributed by atoms with Crippen molar-refractivity contribution in [1.82, 2.24) is 5.32 Å². The molecule has 20 heavy (non-hydrogen) atoms. The van der Waals surface area contributed by atoms with Crippen LogP contribution in [-0.2, 0) is 4.79 Å². The Balaban J connectivity index is 2.79. The Morgan fingerprint density at radius 3 is 2.50 bits per heavy atom. The summed E-state index contributed by atoms with van der Waals surface area (Å²) in [6.07, 6.45) is -2.62. The summed E-state index contributed by atoms with van der Waals surface area (Å²) in [6, 6.07) is 3.62. The lowest BCUT2D eigenvalue weighted by Crippen LogP contribution is -2.28. The first-order valence-electron chi connectivity index (χ1n) is 6.24. The van der Waals surface area contributed by atoms with Crippen LogP contribution in [0.4, 0.5) is 4.39 Å². The third-order valence-electron chi connectivity index (χ3n) is 2.90. The molecule has 0 saturated carbocycles. The summed E-state index contributed by atoms with van der Waals surface area (Å²) in [7, 11) is 0. The zero-order valence-electron chi connectivity index (χ0n) is 11.4. The molecule has 2 atom stereocenters. The molecule has 0 radical (unpaired) electrons. The van der Waals surface area contributed by atoms with Gasteiger partial charge in [0.05, 0.1) is 6.10 Å². The smallest absolute Gasteiger partial charge is 0.216 e. The first kappa shape index (κ1) is 16.3. The maximum Gasteiger partial charge on any atom is 0.216 e. The van der Waals surface area contributed by atoms with E-state index in [2.05, 4.69) is 5.32 Å². The lowest BCUT2D eigenvalue weighted by Gasteiger charge is -2.19. The van der Waals surface area contributed by atoms with Crippen LogP contribution in [0.1, 0.15) is 42.3 Å². The Labute approximate surface area is 116 Å². The number of amides is 1. The third kappa shape index (κ3) is 4.40. The number of hydrogen-bond donors (Lipinski definition) is 3. The number of Topliss-reactive ketones (excluding diaryl/α,β-unsaturated/α-hetero) is 1. The lowest BCUT2D eigenvalue weighted by atomic mass is 9.98. The van der Waals surface area contributed by atoms with Crippen molar-refractivity contribution in [1.29, 1.82) is 0 Å². The zero-order chi connectivity index (χ0) is 15.3. The Morgan fingerprint density at radius 1 is 1.30 bits per heavy atom. The molecule has 110 valence electrons. The van der Waals surface area contributed by atoms with Crippen LogP contribution in [0.2, 0.25) is 0 Å². The average Bonchev–Trinajstić information content (AvgIpc) is 2.37. The van der Waals surface area contributed by atoms with Crippen LogP contribution in [0.3, 0.4) is 0 Å². The molecule has 0 bridgehead atoms. The van der Waals surface area contributed by atoms with Gasteiger partial charge in [-0.2, -0.15) is 0 Å². The summed E-state index contributed by atoms with van der Waals surface area (Å²) in [6.45, 7) is 2.83. The predicted octanol–water partition coefficient (Wildman–Crippen LogP) is 0.949. The number of carbonyl (C=O) groups excluding carboxylic acids is 2. The summed E-state index contributed by atoms with van der Waals surface area (Å²) in [4.78, 5) is 21.9. The summed E-state index contributed by atoms with van der Waals surface area (Å²) < 4.78 is 13.6. The highest BCUT2D eigenvalue weighted by molar-refractivity contribution is 5.94. The lowest BCUT2D eigenvalue weighted by molar-refractivity contribution is -0.119. The van der Waals surface area contributed by atoms with Gasteiger partial charge in [-0.25, -0.2) is 4.39 Å². The van der Waals surface area contributed by atoms with Crippen molar-refractivity contribution in [3.05, 3.63) is 35.1 Å². The van der Waals surface area contributed by atoms with Gasteiger partial charge in [0.25, 0.3) is 0 Å². The number of carbonyl (C=O) groups is 2. The van der Waals surface area contributed by atoms with Crippen molar-refractivity contribution >= 4 is 11.7 Å². The van der Waals surface area contributed by atoms with Crippen molar-refractivity contribution in [2.24, 2.45) is 0 Å². The normalized spacial score (nSPS) is 13.7. The standard InChI is InChI=1S/C14H18FNO4/c1-8(17)10-3-4-12(15)11(7-10)14(20)13(19)5-6-16-9(2)18/h3-4,7,13-14,19-20H,5-6H2,1-2H3,(H,16,18). The molecule has 5 nitrogen and oxygen atoms in total. The van der Waals surface area contributed by atoms with E-state index in [1.807, 2.05) is 0 Å². The van der Waals surface area contributed by atoms with Gasteiger partial charge in [0.15, 0.2) is 5.78 Å². The molecule has 2 unspecified atom stereocenters. The van der Waals surface area contributed by atoms with E-state index in [9.17, 15) is 24.2 Å². The fourth-order valence-electron chi connectivity index (χ4n) is 1.75. The summed E-state index contributed by atoms with van der Waals surface area (Å²) in [5.74, 6) is -1.20. The van der Waals surface area contributed by atoms with Crippen molar-refractivity contribution < 1.29 is 24.2 Å². The van der Waals surface area contributed by atoms with E-state index < -0.39 is 18.0 Å². The molecule has 1 amide bonds. The van der Waals surface area contributed by atoms with Gasteiger partial charge in [-0.3, -0.25) is 9.59 Å². The van der Waals surface area contributed by atoms with Crippen LogP contribution in [-0.4, -0.2) is 34.6 Å². The highest BCUT2D eigenvalue weighted by atomic mass is 19.1. The Kier molecular flexibility index (Phi) is 5.79. The Morgan fingerprint density at radius 2 is 1.95 bits per heavy atom. The van der Waals surface area contributed by atoms with Gasteiger partial charge in [-0.1, -0.05) is 0 Å². The Bertz CT molecular complexity index is 504. The number of ketones is 1. The van der Waals surface area contributed by atoms with Crippen LogP contribution >= 0.6 is 0 Å². The Hall–Kier alpha value is -1.79. The van der Waals surface area contributed by atoms with Gasteiger partial charge in [0.1, 0.15) is 11.9 Å². The molecule has 1 rings (SSSR count). The molecule has 0 saturated heterocycles. The number of aliphatic hydroxyl groups excluding tert-OH is 2. The van der Waals surface area contributed by atoms with E-state index in [1.54, 1.807) is 0 Å². The number of rotatable bonds is 6. The quantitative estimate of drug-likeness (QED) is 0.678. The van der Waals surface area contributed by atoms with Crippen molar-refractivity contribution in [2.75, 3.05) is 6.54 Å². The molecule has 6 heteroatoms. The van der Waals surface area contributed by atoms with Crippen LogP contribution in [0.5, 0.6) is 0 Å². The summed E-state index contributed by atoms with van der Waals surface area (Å²) >= 11 is 0. The minimum Gasteiger partial charge on any atom is -0.390 e.